The molecule has 0 amide bonds. The lowest BCUT2D eigenvalue weighted by molar-refractivity contribution is 0.356. The molecule has 2 aliphatic rings. The molecule has 0 radical (unpaired) electrons. The van der Waals surface area contributed by atoms with Gasteiger partial charge in [-0.25, -0.2) is 8.42 Å². The second-order valence-corrected chi connectivity index (χ2v) is 8.39. The number of allylic oxidation sites excluding steroid dienone is 2. The van der Waals surface area contributed by atoms with E-state index in [1.165, 1.54) is 12.0 Å². The molecular formula is C14H25NO2S. The molecule has 1 aliphatic heterocycles. The van der Waals surface area contributed by atoms with Crippen molar-refractivity contribution in [2.24, 2.45) is 11.8 Å². The molecule has 1 saturated heterocycles. The Bertz CT molecular complexity index is 414. The van der Waals surface area contributed by atoms with Gasteiger partial charge in [0.1, 0.15) is 0 Å². The fraction of sp³-hybridized carbons (Fsp3) is 0.857. The lowest BCUT2D eigenvalue weighted by atomic mass is 9.83. The van der Waals surface area contributed by atoms with E-state index >= 15 is 0 Å². The minimum atomic E-state index is -2.78. The standard InChI is InChI=1S/C14H25NO2S/c1-11-6-12(2)8-13(7-11)9-15-14-4-3-5-18(16,17)10-14/h6,11,13-15H,3-5,7-10H2,1-2H3. The summed E-state index contributed by atoms with van der Waals surface area (Å²) in [7, 11) is -2.78. The minimum absolute atomic E-state index is 0.185. The molecule has 0 saturated carbocycles. The van der Waals surface area contributed by atoms with Gasteiger partial charge in [0.25, 0.3) is 0 Å². The second kappa shape index (κ2) is 5.74. The molecule has 4 heteroatoms. The van der Waals surface area contributed by atoms with E-state index in [1.54, 1.807) is 0 Å². The molecule has 104 valence electrons. The first-order valence-corrected chi connectivity index (χ1v) is 8.88. The average molecular weight is 271 g/mol. The maximum atomic E-state index is 11.6. The van der Waals surface area contributed by atoms with Gasteiger partial charge in [-0.05, 0) is 51.0 Å². The van der Waals surface area contributed by atoms with Crippen molar-refractivity contribution in [3.8, 4) is 0 Å². The summed E-state index contributed by atoms with van der Waals surface area (Å²) in [6.07, 6.45) is 6.58. The van der Waals surface area contributed by atoms with Crippen LogP contribution in [0.15, 0.2) is 11.6 Å². The zero-order valence-electron chi connectivity index (χ0n) is 11.5. The Morgan fingerprint density at radius 3 is 2.89 bits per heavy atom. The molecule has 3 nitrogen and oxygen atoms in total. The molecule has 0 aromatic heterocycles. The number of rotatable bonds is 3. The molecule has 18 heavy (non-hydrogen) atoms. The monoisotopic (exact) mass is 271 g/mol. The molecule has 1 fully saturated rings. The Kier molecular flexibility index (Phi) is 4.49. The first kappa shape index (κ1) is 14.1. The van der Waals surface area contributed by atoms with Crippen LogP contribution >= 0.6 is 0 Å². The van der Waals surface area contributed by atoms with Gasteiger partial charge in [0, 0.05) is 6.04 Å². The Morgan fingerprint density at radius 2 is 2.22 bits per heavy atom. The van der Waals surface area contributed by atoms with Crippen LogP contribution in [0.3, 0.4) is 0 Å². The highest BCUT2D eigenvalue weighted by atomic mass is 32.2. The van der Waals surface area contributed by atoms with Crippen LogP contribution in [-0.2, 0) is 9.84 Å². The van der Waals surface area contributed by atoms with Crippen molar-refractivity contribution in [3.05, 3.63) is 11.6 Å². The number of hydrogen-bond donors (Lipinski definition) is 1. The number of hydrogen-bond acceptors (Lipinski definition) is 3. The van der Waals surface area contributed by atoms with Gasteiger partial charge in [-0.2, -0.15) is 0 Å². The Balaban J connectivity index is 1.80. The quantitative estimate of drug-likeness (QED) is 0.800. The predicted octanol–water partition coefficient (Wildman–Crippen LogP) is 2.15. The van der Waals surface area contributed by atoms with Crippen LogP contribution in [0, 0.1) is 11.8 Å². The summed E-state index contributed by atoms with van der Waals surface area (Å²) in [5.41, 5.74) is 1.48. The molecule has 2 rings (SSSR count). The van der Waals surface area contributed by atoms with E-state index in [-0.39, 0.29) is 6.04 Å². The first-order valence-electron chi connectivity index (χ1n) is 7.06. The third kappa shape index (κ3) is 4.09. The molecule has 1 N–H and O–H groups in total. The van der Waals surface area contributed by atoms with Crippen LogP contribution in [0.25, 0.3) is 0 Å². The van der Waals surface area contributed by atoms with E-state index in [9.17, 15) is 8.42 Å². The van der Waals surface area contributed by atoms with Crippen molar-refractivity contribution >= 4 is 9.84 Å². The van der Waals surface area contributed by atoms with Crippen molar-refractivity contribution in [3.63, 3.8) is 0 Å². The van der Waals surface area contributed by atoms with Gasteiger partial charge in [0.15, 0.2) is 9.84 Å². The highest BCUT2D eigenvalue weighted by molar-refractivity contribution is 7.91. The normalized spacial score (nSPS) is 36.1. The van der Waals surface area contributed by atoms with Gasteiger partial charge >= 0.3 is 0 Å². The summed E-state index contributed by atoms with van der Waals surface area (Å²) in [6, 6.07) is 0.185. The van der Waals surface area contributed by atoms with Gasteiger partial charge < -0.3 is 5.32 Å². The lowest BCUT2D eigenvalue weighted by Gasteiger charge is -2.29. The van der Waals surface area contributed by atoms with E-state index in [4.69, 9.17) is 0 Å². The SMILES string of the molecule is CC1=CC(C)CC(CNC2CCCS(=O)(=O)C2)C1. The van der Waals surface area contributed by atoms with E-state index in [0.29, 0.717) is 23.3 Å². The molecule has 1 aliphatic carbocycles. The molecule has 0 aromatic carbocycles. The maximum Gasteiger partial charge on any atom is 0.151 e. The average Bonchev–Trinajstić information content (AvgIpc) is 2.24. The van der Waals surface area contributed by atoms with Crippen LogP contribution in [0.2, 0.25) is 0 Å². The van der Waals surface area contributed by atoms with Crippen LogP contribution in [-0.4, -0.2) is 32.5 Å². The van der Waals surface area contributed by atoms with E-state index in [0.717, 1.165) is 25.8 Å². The predicted molar refractivity (Wildman–Crippen MR) is 75.3 cm³/mol. The van der Waals surface area contributed by atoms with Crippen LogP contribution in [0.4, 0.5) is 0 Å². The van der Waals surface area contributed by atoms with Gasteiger partial charge in [-0.1, -0.05) is 18.6 Å². The van der Waals surface area contributed by atoms with E-state index in [1.807, 2.05) is 0 Å². The third-order valence-corrected chi connectivity index (χ3v) is 5.86. The molecule has 3 unspecified atom stereocenters. The third-order valence-electron chi connectivity index (χ3n) is 4.04. The van der Waals surface area contributed by atoms with Crippen LogP contribution in [0.1, 0.15) is 39.5 Å². The molecule has 3 atom stereocenters. The Hall–Kier alpha value is -0.350. The smallest absolute Gasteiger partial charge is 0.151 e. The summed E-state index contributed by atoms with van der Waals surface area (Å²) in [6.45, 7) is 5.43. The summed E-state index contributed by atoms with van der Waals surface area (Å²) in [5, 5.41) is 3.48. The van der Waals surface area contributed by atoms with Crippen molar-refractivity contribution in [2.75, 3.05) is 18.1 Å². The lowest BCUT2D eigenvalue weighted by Crippen LogP contribution is -2.42. The zero-order chi connectivity index (χ0) is 13.2. The largest absolute Gasteiger partial charge is 0.313 e. The summed E-state index contributed by atoms with van der Waals surface area (Å²) in [5.74, 6) is 2.06. The Morgan fingerprint density at radius 1 is 1.44 bits per heavy atom. The second-order valence-electron chi connectivity index (χ2n) is 6.16. The topological polar surface area (TPSA) is 46.2 Å². The summed E-state index contributed by atoms with van der Waals surface area (Å²) in [4.78, 5) is 0. The van der Waals surface area contributed by atoms with Crippen molar-refractivity contribution in [1.82, 2.24) is 5.32 Å². The molecule has 1 heterocycles. The fourth-order valence-corrected chi connectivity index (χ4v) is 5.03. The summed E-state index contributed by atoms with van der Waals surface area (Å²) >= 11 is 0. The maximum absolute atomic E-state index is 11.6. The Labute approximate surface area is 111 Å². The molecule has 0 aromatic rings. The summed E-state index contributed by atoms with van der Waals surface area (Å²) < 4.78 is 23.1. The fourth-order valence-electron chi connectivity index (χ4n) is 3.36. The highest BCUT2D eigenvalue weighted by Crippen LogP contribution is 2.27. The van der Waals surface area contributed by atoms with Gasteiger partial charge in [0.05, 0.1) is 11.5 Å². The molecule has 0 bridgehead atoms. The molecular weight excluding hydrogens is 246 g/mol. The van der Waals surface area contributed by atoms with Gasteiger partial charge in [-0.15, -0.1) is 0 Å². The van der Waals surface area contributed by atoms with E-state index < -0.39 is 9.84 Å². The highest BCUT2D eigenvalue weighted by Gasteiger charge is 2.25. The van der Waals surface area contributed by atoms with Crippen molar-refractivity contribution in [2.45, 2.75) is 45.6 Å². The number of nitrogens with one attached hydrogen (secondary N) is 1. The van der Waals surface area contributed by atoms with Gasteiger partial charge in [0.2, 0.25) is 0 Å². The zero-order valence-corrected chi connectivity index (χ0v) is 12.3. The van der Waals surface area contributed by atoms with Crippen molar-refractivity contribution in [1.29, 1.82) is 0 Å². The number of sulfone groups is 1. The van der Waals surface area contributed by atoms with E-state index in [2.05, 4.69) is 25.2 Å². The first-order chi connectivity index (χ1) is 8.44. The molecule has 0 spiro atoms. The minimum Gasteiger partial charge on any atom is -0.313 e. The van der Waals surface area contributed by atoms with Crippen molar-refractivity contribution < 1.29 is 8.42 Å². The van der Waals surface area contributed by atoms with Crippen LogP contribution < -0.4 is 5.32 Å². The van der Waals surface area contributed by atoms with Gasteiger partial charge in [-0.3, -0.25) is 0 Å². The van der Waals surface area contributed by atoms with Crippen LogP contribution in [0.5, 0.6) is 0 Å².